The van der Waals surface area contributed by atoms with Crippen molar-refractivity contribution in [3.8, 4) is 0 Å². The molecular formula is C12H11FN4O. The highest BCUT2D eigenvalue weighted by Crippen LogP contribution is 2.48. The number of anilines is 1. The third-order valence-corrected chi connectivity index (χ3v) is 3.23. The molecule has 1 heterocycles. The van der Waals surface area contributed by atoms with Gasteiger partial charge in [-0.15, -0.1) is 0 Å². The zero-order chi connectivity index (χ0) is 12.6. The third kappa shape index (κ3) is 1.75. The van der Waals surface area contributed by atoms with Crippen LogP contribution in [0.5, 0.6) is 0 Å². The van der Waals surface area contributed by atoms with E-state index in [0.29, 0.717) is 5.95 Å². The summed E-state index contributed by atoms with van der Waals surface area (Å²) < 4.78 is 12.9. The van der Waals surface area contributed by atoms with E-state index in [0.717, 1.165) is 18.4 Å². The van der Waals surface area contributed by atoms with E-state index in [9.17, 15) is 9.18 Å². The van der Waals surface area contributed by atoms with Crippen LogP contribution in [0.2, 0.25) is 0 Å². The maximum Gasteiger partial charge on any atom is 0.237 e. The van der Waals surface area contributed by atoms with Crippen LogP contribution in [0.4, 0.5) is 10.3 Å². The molecule has 1 aromatic heterocycles. The fraction of sp³-hybridized carbons (Fsp3) is 0.250. The Hall–Kier alpha value is -2.24. The van der Waals surface area contributed by atoms with Gasteiger partial charge in [0, 0.05) is 0 Å². The van der Waals surface area contributed by atoms with Crippen LogP contribution in [-0.2, 0) is 10.2 Å². The zero-order valence-corrected chi connectivity index (χ0v) is 9.48. The van der Waals surface area contributed by atoms with Gasteiger partial charge in [-0.25, -0.2) is 9.49 Å². The van der Waals surface area contributed by atoms with E-state index < -0.39 is 5.41 Å². The first-order valence-electron chi connectivity index (χ1n) is 5.64. The SMILES string of the molecule is O=C(Nc1ncn[nH]1)C1(c2ccc(F)cc2)CC1. The van der Waals surface area contributed by atoms with Gasteiger partial charge in [0.2, 0.25) is 11.9 Å². The molecule has 0 unspecified atom stereocenters. The molecule has 1 saturated carbocycles. The largest absolute Gasteiger partial charge is 0.294 e. The lowest BCUT2D eigenvalue weighted by Gasteiger charge is -2.14. The summed E-state index contributed by atoms with van der Waals surface area (Å²) in [5.41, 5.74) is 0.293. The second-order valence-corrected chi connectivity index (χ2v) is 4.38. The molecule has 1 aliphatic rings. The van der Waals surface area contributed by atoms with Crippen molar-refractivity contribution in [1.29, 1.82) is 0 Å². The molecule has 2 N–H and O–H groups in total. The van der Waals surface area contributed by atoms with E-state index in [1.54, 1.807) is 12.1 Å². The van der Waals surface area contributed by atoms with Crippen molar-refractivity contribution in [2.45, 2.75) is 18.3 Å². The van der Waals surface area contributed by atoms with Crippen LogP contribution in [0.3, 0.4) is 0 Å². The number of aromatic nitrogens is 3. The molecule has 3 rings (SSSR count). The summed E-state index contributed by atoms with van der Waals surface area (Å²) in [4.78, 5) is 16.0. The van der Waals surface area contributed by atoms with Gasteiger partial charge in [0.15, 0.2) is 0 Å². The summed E-state index contributed by atoms with van der Waals surface area (Å²) in [6.07, 6.45) is 2.85. The molecule has 6 heteroatoms. The molecular weight excluding hydrogens is 235 g/mol. The molecule has 1 amide bonds. The average molecular weight is 246 g/mol. The number of halogens is 1. The van der Waals surface area contributed by atoms with Gasteiger partial charge in [-0.05, 0) is 30.5 Å². The number of benzene rings is 1. The lowest BCUT2D eigenvalue weighted by molar-refractivity contribution is -0.118. The van der Waals surface area contributed by atoms with Gasteiger partial charge in [0.1, 0.15) is 12.1 Å². The topological polar surface area (TPSA) is 70.7 Å². The number of carbonyl (C=O) groups excluding carboxylic acids is 1. The molecule has 1 aromatic carbocycles. The fourth-order valence-electron chi connectivity index (χ4n) is 2.03. The number of nitrogens with zero attached hydrogens (tertiary/aromatic N) is 2. The second kappa shape index (κ2) is 3.90. The average Bonchev–Trinajstić information content (AvgIpc) is 3.03. The second-order valence-electron chi connectivity index (χ2n) is 4.38. The normalized spacial score (nSPS) is 16.3. The van der Waals surface area contributed by atoms with Gasteiger partial charge in [0.05, 0.1) is 5.41 Å². The summed E-state index contributed by atoms with van der Waals surface area (Å²) in [7, 11) is 0. The number of hydrogen-bond donors (Lipinski definition) is 2. The van der Waals surface area contributed by atoms with Gasteiger partial charge in [-0.1, -0.05) is 12.1 Å². The summed E-state index contributed by atoms with van der Waals surface area (Å²) in [5, 5.41) is 8.91. The van der Waals surface area contributed by atoms with Crippen molar-refractivity contribution in [3.05, 3.63) is 42.0 Å². The van der Waals surface area contributed by atoms with Crippen molar-refractivity contribution >= 4 is 11.9 Å². The highest BCUT2D eigenvalue weighted by molar-refractivity contribution is 6.00. The Labute approximate surface area is 102 Å². The van der Waals surface area contributed by atoms with Crippen molar-refractivity contribution < 1.29 is 9.18 Å². The molecule has 1 aliphatic carbocycles. The van der Waals surface area contributed by atoms with Crippen LogP contribution in [0.15, 0.2) is 30.6 Å². The minimum absolute atomic E-state index is 0.133. The maximum absolute atomic E-state index is 12.9. The smallest absolute Gasteiger partial charge is 0.237 e. The monoisotopic (exact) mass is 246 g/mol. The standard InChI is InChI=1S/C12H11FN4O/c13-9-3-1-8(2-4-9)12(5-6-12)10(18)16-11-14-7-15-17-11/h1-4,7H,5-6H2,(H2,14,15,16,17,18). The number of nitrogens with one attached hydrogen (secondary N) is 2. The first-order chi connectivity index (χ1) is 8.71. The van der Waals surface area contributed by atoms with Crippen molar-refractivity contribution in [1.82, 2.24) is 15.2 Å². The van der Waals surface area contributed by atoms with E-state index >= 15 is 0 Å². The number of hydrogen-bond acceptors (Lipinski definition) is 3. The van der Waals surface area contributed by atoms with Gasteiger partial charge < -0.3 is 0 Å². The Balaban J connectivity index is 1.82. The van der Waals surface area contributed by atoms with Crippen LogP contribution < -0.4 is 5.32 Å². The Morgan fingerprint density at radius 1 is 1.33 bits per heavy atom. The molecule has 0 saturated heterocycles. The van der Waals surface area contributed by atoms with Crippen LogP contribution in [0.25, 0.3) is 0 Å². The van der Waals surface area contributed by atoms with Gasteiger partial charge in [-0.2, -0.15) is 10.1 Å². The lowest BCUT2D eigenvalue weighted by Crippen LogP contribution is -2.28. The van der Waals surface area contributed by atoms with Crippen LogP contribution >= 0.6 is 0 Å². The molecule has 18 heavy (non-hydrogen) atoms. The molecule has 0 radical (unpaired) electrons. The third-order valence-electron chi connectivity index (χ3n) is 3.23. The molecule has 0 bridgehead atoms. The summed E-state index contributed by atoms with van der Waals surface area (Å²) in [6, 6.07) is 6.05. The summed E-state index contributed by atoms with van der Waals surface area (Å²) in [5.74, 6) is -0.107. The van der Waals surface area contributed by atoms with E-state index in [1.165, 1.54) is 18.5 Å². The highest BCUT2D eigenvalue weighted by Gasteiger charge is 2.51. The highest BCUT2D eigenvalue weighted by atomic mass is 19.1. The Bertz CT molecular complexity index is 560. The summed E-state index contributed by atoms with van der Waals surface area (Å²) >= 11 is 0. The van der Waals surface area contributed by atoms with Crippen LogP contribution in [0.1, 0.15) is 18.4 Å². The number of H-pyrrole nitrogens is 1. The van der Waals surface area contributed by atoms with E-state index in [4.69, 9.17) is 0 Å². The lowest BCUT2D eigenvalue weighted by atomic mass is 9.95. The first kappa shape index (κ1) is 10.9. The van der Waals surface area contributed by atoms with E-state index in [-0.39, 0.29) is 11.7 Å². The minimum atomic E-state index is -0.541. The Kier molecular flexibility index (Phi) is 2.36. The van der Waals surface area contributed by atoms with Crippen LogP contribution in [-0.4, -0.2) is 21.1 Å². The number of rotatable bonds is 3. The zero-order valence-electron chi connectivity index (χ0n) is 9.48. The van der Waals surface area contributed by atoms with Crippen molar-refractivity contribution in [2.24, 2.45) is 0 Å². The molecule has 5 nitrogen and oxygen atoms in total. The molecule has 1 fully saturated rings. The predicted molar refractivity (Wildman–Crippen MR) is 62.3 cm³/mol. The predicted octanol–water partition coefficient (Wildman–Crippen LogP) is 1.61. The molecule has 2 aromatic rings. The number of carbonyl (C=O) groups is 1. The van der Waals surface area contributed by atoms with E-state index in [2.05, 4.69) is 20.5 Å². The van der Waals surface area contributed by atoms with Gasteiger partial charge >= 0.3 is 0 Å². The molecule has 0 aliphatic heterocycles. The van der Waals surface area contributed by atoms with Crippen molar-refractivity contribution in [2.75, 3.05) is 5.32 Å². The number of amides is 1. The van der Waals surface area contributed by atoms with Gasteiger partial charge in [0.25, 0.3) is 0 Å². The maximum atomic E-state index is 12.9. The molecule has 0 atom stereocenters. The summed E-state index contributed by atoms with van der Waals surface area (Å²) in [6.45, 7) is 0. The first-order valence-corrected chi connectivity index (χ1v) is 5.64. The fourth-order valence-corrected chi connectivity index (χ4v) is 2.03. The minimum Gasteiger partial charge on any atom is -0.294 e. The van der Waals surface area contributed by atoms with Crippen LogP contribution in [0, 0.1) is 5.82 Å². The Morgan fingerprint density at radius 2 is 2.06 bits per heavy atom. The number of aromatic amines is 1. The Morgan fingerprint density at radius 3 is 2.61 bits per heavy atom. The van der Waals surface area contributed by atoms with E-state index in [1.807, 2.05) is 0 Å². The molecule has 92 valence electrons. The quantitative estimate of drug-likeness (QED) is 0.864. The van der Waals surface area contributed by atoms with Crippen molar-refractivity contribution in [3.63, 3.8) is 0 Å². The molecule has 0 spiro atoms. The van der Waals surface area contributed by atoms with Gasteiger partial charge in [-0.3, -0.25) is 10.1 Å².